The molecule has 0 spiro atoms. The van der Waals surface area contributed by atoms with E-state index in [2.05, 4.69) is 25.8 Å². The van der Waals surface area contributed by atoms with Crippen LogP contribution in [0.1, 0.15) is 12.8 Å². The van der Waals surface area contributed by atoms with Crippen molar-refractivity contribution in [1.82, 2.24) is 4.90 Å². The maximum absolute atomic E-state index is 3.75. The van der Waals surface area contributed by atoms with Crippen LogP contribution in [-0.4, -0.2) is 25.0 Å². The number of rotatable bonds is 4. The van der Waals surface area contributed by atoms with Gasteiger partial charge in [0, 0.05) is 0 Å². The van der Waals surface area contributed by atoms with Gasteiger partial charge in [-0.25, -0.2) is 0 Å². The molecule has 8 heavy (non-hydrogen) atoms. The summed E-state index contributed by atoms with van der Waals surface area (Å²) < 4.78 is 0. The largest absolute Gasteiger partial charge is 0.306 e. The van der Waals surface area contributed by atoms with Crippen molar-refractivity contribution in [2.75, 3.05) is 20.1 Å². The fourth-order valence-corrected chi connectivity index (χ4v) is 0.652. The molecule has 0 rings (SSSR count). The third kappa shape index (κ3) is 4.13. The van der Waals surface area contributed by atoms with Gasteiger partial charge in [0.1, 0.15) is 0 Å². The first-order chi connectivity index (χ1) is 3.81. The van der Waals surface area contributed by atoms with Crippen LogP contribution >= 0.6 is 0 Å². The standard InChI is InChI=1S/C7H15N/c1-4-6-8(3)7-5-2/h1-2,4-7H2,3H3. The van der Waals surface area contributed by atoms with E-state index in [0.29, 0.717) is 0 Å². The van der Waals surface area contributed by atoms with Crippen LogP contribution in [0.3, 0.4) is 0 Å². The first-order valence-corrected chi connectivity index (χ1v) is 3.08. The third-order valence-electron chi connectivity index (χ3n) is 1.08. The Bertz CT molecular complexity index is 37.7. The molecular weight excluding hydrogens is 98.1 g/mol. The third-order valence-corrected chi connectivity index (χ3v) is 1.08. The molecule has 1 nitrogen and oxygen atoms in total. The summed E-state index contributed by atoms with van der Waals surface area (Å²) in [6.45, 7) is 9.68. The van der Waals surface area contributed by atoms with Gasteiger partial charge < -0.3 is 4.90 Å². The van der Waals surface area contributed by atoms with Crippen molar-refractivity contribution in [1.29, 1.82) is 0 Å². The van der Waals surface area contributed by atoms with Gasteiger partial charge in [-0.3, -0.25) is 0 Å². The zero-order valence-electron chi connectivity index (χ0n) is 5.69. The molecule has 0 fully saturated rings. The van der Waals surface area contributed by atoms with Gasteiger partial charge in [-0.2, -0.15) is 0 Å². The van der Waals surface area contributed by atoms with Gasteiger partial charge in [0.05, 0.1) is 0 Å². The minimum atomic E-state index is 0.997. The molecule has 1 heteroatoms. The molecule has 0 aliphatic carbocycles. The molecule has 0 aromatic carbocycles. The lowest BCUT2D eigenvalue weighted by Crippen LogP contribution is -2.19. The van der Waals surface area contributed by atoms with Crippen molar-refractivity contribution in [3.63, 3.8) is 0 Å². The van der Waals surface area contributed by atoms with Crippen molar-refractivity contribution in [2.45, 2.75) is 12.8 Å². The number of nitrogens with zero attached hydrogens (tertiary/aromatic N) is 1. The second kappa shape index (κ2) is 5.10. The van der Waals surface area contributed by atoms with E-state index in [4.69, 9.17) is 0 Å². The van der Waals surface area contributed by atoms with Gasteiger partial charge in [0.15, 0.2) is 0 Å². The van der Waals surface area contributed by atoms with Crippen molar-refractivity contribution in [2.24, 2.45) is 0 Å². The molecule has 0 aromatic rings. The Morgan fingerprint density at radius 1 is 1.12 bits per heavy atom. The molecule has 0 unspecified atom stereocenters. The van der Waals surface area contributed by atoms with E-state index >= 15 is 0 Å². The van der Waals surface area contributed by atoms with Gasteiger partial charge in [0.2, 0.25) is 0 Å². The predicted molar refractivity (Wildman–Crippen MR) is 37.4 cm³/mol. The Hall–Kier alpha value is -0.0400. The van der Waals surface area contributed by atoms with Crippen LogP contribution in [0.4, 0.5) is 0 Å². The molecule has 0 aromatic heterocycles. The molecule has 0 saturated heterocycles. The molecule has 0 atom stereocenters. The number of hydrogen-bond acceptors (Lipinski definition) is 1. The van der Waals surface area contributed by atoms with Crippen LogP contribution in [-0.2, 0) is 0 Å². The Labute approximate surface area is 52.7 Å². The average molecular weight is 113 g/mol. The van der Waals surface area contributed by atoms with E-state index in [1.54, 1.807) is 0 Å². The Morgan fingerprint density at radius 3 is 1.75 bits per heavy atom. The van der Waals surface area contributed by atoms with E-state index in [0.717, 1.165) is 25.9 Å². The Balaban J connectivity index is 2.92. The first-order valence-electron chi connectivity index (χ1n) is 3.08. The van der Waals surface area contributed by atoms with Crippen molar-refractivity contribution >= 4 is 0 Å². The Kier molecular flexibility index (Phi) is 5.08. The lowest BCUT2D eigenvalue weighted by molar-refractivity contribution is 0.347. The second-order valence-corrected chi connectivity index (χ2v) is 2.01. The van der Waals surface area contributed by atoms with Crippen molar-refractivity contribution < 1.29 is 0 Å². The van der Waals surface area contributed by atoms with E-state index in [1.165, 1.54) is 0 Å². The fraction of sp³-hybridized carbons (Fsp3) is 0.714. The summed E-state index contributed by atoms with van der Waals surface area (Å²) in [5.41, 5.74) is 0. The van der Waals surface area contributed by atoms with Crippen LogP contribution in [0.15, 0.2) is 0 Å². The first kappa shape index (κ1) is 7.96. The highest BCUT2D eigenvalue weighted by Crippen LogP contribution is 1.86. The molecule has 48 valence electrons. The van der Waals surface area contributed by atoms with Crippen LogP contribution in [0.2, 0.25) is 0 Å². The van der Waals surface area contributed by atoms with Gasteiger partial charge in [-0.1, -0.05) is 13.8 Å². The van der Waals surface area contributed by atoms with E-state index < -0.39 is 0 Å². The quantitative estimate of drug-likeness (QED) is 0.532. The maximum Gasteiger partial charge on any atom is -0.00218 e. The smallest absolute Gasteiger partial charge is 0.00218 e. The lowest BCUT2D eigenvalue weighted by atomic mass is 10.4. The van der Waals surface area contributed by atoms with Crippen LogP contribution in [0.25, 0.3) is 0 Å². The summed E-state index contributed by atoms with van der Waals surface area (Å²) in [6, 6.07) is 0. The topological polar surface area (TPSA) is 3.24 Å². The number of hydrogen-bond donors (Lipinski definition) is 0. The van der Waals surface area contributed by atoms with Crippen LogP contribution in [0.5, 0.6) is 0 Å². The highest BCUT2D eigenvalue weighted by atomic mass is 15.1. The summed E-state index contributed by atoms with van der Waals surface area (Å²) in [7, 11) is 2.09. The molecule has 0 heterocycles. The summed E-state index contributed by atoms with van der Waals surface area (Å²) >= 11 is 0. The lowest BCUT2D eigenvalue weighted by Gasteiger charge is -2.12. The minimum Gasteiger partial charge on any atom is -0.306 e. The van der Waals surface area contributed by atoms with Crippen LogP contribution in [0, 0.1) is 13.8 Å². The predicted octanol–water partition coefficient (Wildman–Crippen LogP) is 1.37. The monoisotopic (exact) mass is 113 g/mol. The fourth-order valence-electron chi connectivity index (χ4n) is 0.652. The van der Waals surface area contributed by atoms with E-state index in [9.17, 15) is 0 Å². The summed E-state index contributed by atoms with van der Waals surface area (Å²) in [5, 5.41) is 0. The van der Waals surface area contributed by atoms with E-state index in [1.807, 2.05) is 0 Å². The van der Waals surface area contributed by atoms with Gasteiger partial charge in [0.25, 0.3) is 0 Å². The summed E-state index contributed by atoms with van der Waals surface area (Å²) in [6.07, 6.45) is 1.99. The van der Waals surface area contributed by atoms with Gasteiger partial charge in [-0.05, 0) is 33.0 Å². The van der Waals surface area contributed by atoms with Crippen LogP contribution < -0.4 is 0 Å². The van der Waals surface area contributed by atoms with E-state index in [-0.39, 0.29) is 0 Å². The average Bonchev–Trinajstić information content (AvgIpc) is 1.68. The molecule has 0 N–H and O–H groups in total. The molecular formula is C7H15N. The molecule has 0 aliphatic heterocycles. The molecule has 0 saturated carbocycles. The minimum absolute atomic E-state index is 0.997. The molecule has 2 radical (unpaired) electrons. The summed E-state index contributed by atoms with van der Waals surface area (Å²) in [4.78, 5) is 2.24. The zero-order valence-corrected chi connectivity index (χ0v) is 5.69. The van der Waals surface area contributed by atoms with Gasteiger partial charge >= 0.3 is 0 Å². The highest BCUT2D eigenvalue weighted by Gasteiger charge is 1.90. The van der Waals surface area contributed by atoms with Gasteiger partial charge in [-0.15, -0.1) is 0 Å². The zero-order chi connectivity index (χ0) is 6.41. The normalized spacial score (nSPS) is 10.5. The molecule has 0 bridgehead atoms. The highest BCUT2D eigenvalue weighted by molar-refractivity contribution is 4.52. The maximum atomic E-state index is 3.75. The van der Waals surface area contributed by atoms with Crippen molar-refractivity contribution in [3.05, 3.63) is 13.8 Å². The Morgan fingerprint density at radius 2 is 1.50 bits per heavy atom. The van der Waals surface area contributed by atoms with Crippen molar-refractivity contribution in [3.8, 4) is 0 Å². The summed E-state index contributed by atoms with van der Waals surface area (Å²) in [5.74, 6) is 0. The SMILES string of the molecule is [CH2]CCN(C)CC[CH2]. The molecule has 0 aliphatic rings. The second-order valence-electron chi connectivity index (χ2n) is 2.01. The molecule has 0 amide bonds.